The van der Waals surface area contributed by atoms with Crippen LogP contribution in [0.3, 0.4) is 0 Å². The zero-order valence-corrected chi connectivity index (χ0v) is 17.9. The maximum absolute atomic E-state index is 13.1. The Hall–Kier alpha value is -1.66. The lowest BCUT2D eigenvalue weighted by molar-refractivity contribution is 0.0784. The molecule has 1 unspecified atom stereocenters. The highest BCUT2D eigenvalue weighted by Crippen LogP contribution is 2.27. The average Bonchev–Trinajstić information content (AvgIpc) is 3.42. The molecule has 1 amide bonds. The molecule has 0 saturated carbocycles. The summed E-state index contributed by atoms with van der Waals surface area (Å²) in [7, 11) is 0. The smallest absolute Gasteiger partial charge is 0.274 e. The van der Waals surface area contributed by atoms with Gasteiger partial charge in [-0.1, -0.05) is 19.9 Å². The van der Waals surface area contributed by atoms with Crippen LogP contribution >= 0.6 is 11.3 Å². The Labute approximate surface area is 172 Å². The summed E-state index contributed by atoms with van der Waals surface area (Å²) < 4.78 is 2.13. The fourth-order valence-corrected chi connectivity index (χ4v) is 5.16. The largest absolute Gasteiger partial charge is 0.337 e. The fraction of sp³-hybridized carbons (Fsp3) is 0.636. The van der Waals surface area contributed by atoms with Gasteiger partial charge in [-0.15, -0.1) is 11.3 Å². The zero-order valence-electron chi connectivity index (χ0n) is 17.1. The number of carbonyl (C=O) groups excluding carboxylic acids is 1. The Morgan fingerprint density at radius 3 is 2.89 bits per heavy atom. The van der Waals surface area contributed by atoms with E-state index in [-0.39, 0.29) is 5.91 Å². The summed E-state index contributed by atoms with van der Waals surface area (Å²) in [5.41, 5.74) is 3.23. The molecule has 1 saturated heterocycles. The van der Waals surface area contributed by atoms with Gasteiger partial charge < -0.3 is 10.2 Å². The zero-order chi connectivity index (χ0) is 19.5. The summed E-state index contributed by atoms with van der Waals surface area (Å²) in [6.07, 6.45) is 6.37. The van der Waals surface area contributed by atoms with Gasteiger partial charge in [0.05, 0.1) is 0 Å². The molecule has 1 fully saturated rings. The molecule has 0 bridgehead atoms. The monoisotopic (exact) mass is 400 g/mol. The molecule has 3 heterocycles. The van der Waals surface area contributed by atoms with Crippen LogP contribution in [0.4, 0.5) is 0 Å². The highest BCUT2D eigenvalue weighted by atomic mass is 32.1. The number of hydrogen-bond acceptors (Lipinski definition) is 4. The highest BCUT2D eigenvalue weighted by molar-refractivity contribution is 7.09. The van der Waals surface area contributed by atoms with E-state index >= 15 is 0 Å². The van der Waals surface area contributed by atoms with Gasteiger partial charge in [0.2, 0.25) is 0 Å². The number of nitrogens with zero attached hydrogens (tertiary/aromatic N) is 3. The topological polar surface area (TPSA) is 50.2 Å². The number of thiophene rings is 1. The molecule has 0 aromatic carbocycles. The molecule has 28 heavy (non-hydrogen) atoms. The van der Waals surface area contributed by atoms with Gasteiger partial charge in [0.25, 0.3) is 5.91 Å². The summed E-state index contributed by atoms with van der Waals surface area (Å²) in [6, 6.07) is 4.76. The van der Waals surface area contributed by atoms with Crippen molar-refractivity contribution in [3.8, 4) is 0 Å². The summed E-state index contributed by atoms with van der Waals surface area (Å²) in [6.45, 7) is 8.09. The van der Waals surface area contributed by atoms with E-state index in [1.165, 1.54) is 16.1 Å². The van der Waals surface area contributed by atoms with Crippen molar-refractivity contribution in [2.45, 2.75) is 65.0 Å². The van der Waals surface area contributed by atoms with E-state index in [2.05, 4.69) is 41.4 Å². The quantitative estimate of drug-likeness (QED) is 0.774. The van der Waals surface area contributed by atoms with Gasteiger partial charge in [0, 0.05) is 48.4 Å². The predicted octanol–water partition coefficient (Wildman–Crippen LogP) is 3.53. The molecule has 0 radical (unpaired) electrons. The molecule has 1 N–H and O–H groups in total. The molecule has 2 aromatic rings. The van der Waals surface area contributed by atoms with Gasteiger partial charge >= 0.3 is 0 Å². The van der Waals surface area contributed by atoms with Crippen LogP contribution in [-0.4, -0.2) is 46.3 Å². The van der Waals surface area contributed by atoms with Crippen molar-refractivity contribution in [2.24, 2.45) is 5.92 Å². The first-order valence-electron chi connectivity index (χ1n) is 10.8. The summed E-state index contributed by atoms with van der Waals surface area (Å²) in [5, 5.41) is 10.7. The number of hydrogen-bond donors (Lipinski definition) is 1. The summed E-state index contributed by atoms with van der Waals surface area (Å²) >= 11 is 1.82. The second kappa shape index (κ2) is 8.78. The number of carbonyl (C=O) groups is 1. The molecular formula is C22H32N4OS. The second-order valence-electron chi connectivity index (χ2n) is 8.57. The minimum absolute atomic E-state index is 0.149. The van der Waals surface area contributed by atoms with Gasteiger partial charge in [-0.2, -0.15) is 5.10 Å². The van der Waals surface area contributed by atoms with E-state index in [1.54, 1.807) is 0 Å². The lowest BCUT2D eigenvalue weighted by Crippen LogP contribution is -2.37. The van der Waals surface area contributed by atoms with E-state index in [1.807, 2.05) is 16.2 Å². The lowest BCUT2D eigenvalue weighted by Gasteiger charge is -2.25. The van der Waals surface area contributed by atoms with Crippen molar-refractivity contribution in [1.82, 2.24) is 20.0 Å². The summed E-state index contributed by atoms with van der Waals surface area (Å²) in [4.78, 5) is 16.6. The van der Waals surface area contributed by atoms with Crippen LogP contribution in [0, 0.1) is 5.92 Å². The third-order valence-electron chi connectivity index (χ3n) is 5.87. The normalized spacial score (nSPS) is 19.4. The molecule has 2 aromatic heterocycles. The minimum atomic E-state index is 0.149. The Kier molecular flexibility index (Phi) is 6.16. The Morgan fingerprint density at radius 1 is 1.36 bits per heavy atom. The van der Waals surface area contributed by atoms with Crippen LogP contribution in [-0.2, 0) is 25.8 Å². The van der Waals surface area contributed by atoms with E-state index in [4.69, 9.17) is 5.10 Å². The first kappa shape index (κ1) is 19.6. The standard InChI is InChI=1S/C22H32N4OS/c1-16(2)15-26-20-8-7-17(23-10-9-18-6-5-13-28-18)14-19(20)21(24-26)22(27)25-11-3-4-12-25/h5-6,13,16-17,23H,3-4,7-12,14-15H2,1-2H3. The molecule has 4 rings (SSSR count). The molecule has 6 heteroatoms. The number of likely N-dealkylation sites (tertiary alicyclic amines) is 1. The third-order valence-corrected chi connectivity index (χ3v) is 6.80. The molecule has 2 aliphatic rings. The molecule has 1 aliphatic heterocycles. The van der Waals surface area contributed by atoms with Gasteiger partial charge in [-0.05, 0) is 55.9 Å². The van der Waals surface area contributed by atoms with E-state index in [0.29, 0.717) is 12.0 Å². The second-order valence-corrected chi connectivity index (χ2v) is 9.60. The lowest BCUT2D eigenvalue weighted by atomic mass is 9.91. The molecule has 1 atom stereocenters. The Morgan fingerprint density at radius 2 is 2.18 bits per heavy atom. The number of rotatable bonds is 7. The van der Waals surface area contributed by atoms with E-state index in [9.17, 15) is 4.79 Å². The van der Waals surface area contributed by atoms with Crippen molar-refractivity contribution in [1.29, 1.82) is 0 Å². The van der Waals surface area contributed by atoms with E-state index in [0.717, 1.165) is 70.4 Å². The maximum Gasteiger partial charge on any atom is 0.274 e. The van der Waals surface area contributed by atoms with Gasteiger partial charge in [0.1, 0.15) is 0 Å². The van der Waals surface area contributed by atoms with Gasteiger partial charge in [-0.25, -0.2) is 0 Å². The number of aromatic nitrogens is 2. The Balaban J connectivity index is 1.48. The van der Waals surface area contributed by atoms with Crippen LogP contribution < -0.4 is 5.32 Å². The number of fused-ring (bicyclic) bond motifs is 1. The van der Waals surface area contributed by atoms with Crippen molar-refractivity contribution in [3.63, 3.8) is 0 Å². The Bertz CT molecular complexity index is 790. The van der Waals surface area contributed by atoms with Crippen LogP contribution in [0.25, 0.3) is 0 Å². The molecule has 1 aliphatic carbocycles. The first-order valence-corrected chi connectivity index (χ1v) is 11.6. The maximum atomic E-state index is 13.1. The predicted molar refractivity (Wildman–Crippen MR) is 114 cm³/mol. The SMILES string of the molecule is CC(C)Cn1nc(C(=O)N2CCCC2)c2c1CCC(NCCc1cccs1)C2. The molecule has 152 valence electrons. The van der Waals surface area contributed by atoms with E-state index < -0.39 is 0 Å². The highest BCUT2D eigenvalue weighted by Gasteiger charge is 2.31. The van der Waals surface area contributed by atoms with Crippen molar-refractivity contribution < 1.29 is 4.79 Å². The first-order chi connectivity index (χ1) is 13.6. The summed E-state index contributed by atoms with van der Waals surface area (Å²) in [5.74, 6) is 0.677. The van der Waals surface area contributed by atoms with Crippen LogP contribution in [0.15, 0.2) is 17.5 Å². The third kappa shape index (κ3) is 4.33. The van der Waals surface area contributed by atoms with Crippen LogP contribution in [0.5, 0.6) is 0 Å². The molecule has 0 spiro atoms. The minimum Gasteiger partial charge on any atom is -0.337 e. The van der Waals surface area contributed by atoms with Gasteiger partial charge in [0.15, 0.2) is 5.69 Å². The van der Waals surface area contributed by atoms with Crippen molar-refractivity contribution >= 4 is 17.2 Å². The van der Waals surface area contributed by atoms with Gasteiger partial charge in [-0.3, -0.25) is 9.48 Å². The average molecular weight is 401 g/mol. The fourth-order valence-electron chi connectivity index (χ4n) is 4.46. The molecule has 5 nitrogen and oxygen atoms in total. The number of amides is 1. The van der Waals surface area contributed by atoms with Crippen molar-refractivity contribution in [3.05, 3.63) is 39.3 Å². The molecular weight excluding hydrogens is 368 g/mol. The van der Waals surface area contributed by atoms with Crippen LogP contribution in [0.1, 0.15) is 59.7 Å². The number of nitrogens with one attached hydrogen (secondary N) is 1. The van der Waals surface area contributed by atoms with Crippen molar-refractivity contribution in [2.75, 3.05) is 19.6 Å². The van der Waals surface area contributed by atoms with Crippen LogP contribution in [0.2, 0.25) is 0 Å².